The van der Waals surface area contributed by atoms with E-state index in [2.05, 4.69) is 36.6 Å². The molecule has 98 valence electrons. The Morgan fingerprint density at radius 2 is 1.47 bits per heavy atom. The zero-order valence-electron chi connectivity index (χ0n) is 10.8. The third-order valence-electron chi connectivity index (χ3n) is 2.87. The summed E-state index contributed by atoms with van der Waals surface area (Å²) in [7, 11) is 0. The normalized spacial score (nSPS) is 10.1. The lowest BCUT2D eigenvalue weighted by Crippen LogP contribution is -2.19. The van der Waals surface area contributed by atoms with Gasteiger partial charge in [0.2, 0.25) is 0 Å². The predicted octanol–water partition coefficient (Wildman–Crippen LogP) is 4.77. The van der Waals surface area contributed by atoms with Crippen molar-refractivity contribution in [3.8, 4) is 0 Å². The molecule has 2 aromatic carbocycles. The molecule has 0 saturated carbocycles. The Kier molecular flexibility index (Phi) is 4.40. The monoisotopic (exact) mass is 290 g/mol. The van der Waals surface area contributed by atoms with Crippen molar-refractivity contribution in [2.45, 2.75) is 13.8 Å². The molecule has 0 bridgehead atoms. The molecule has 0 fully saturated rings. The second-order valence-corrected chi connectivity index (χ2v) is 5.23. The van der Waals surface area contributed by atoms with Crippen LogP contribution in [0.4, 0.5) is 11.4 Å². The lowest BCUT2D eigenvalue weighted by atomic mass is 10.1. The number of hydrogen-bond donors (Lipinski definition) is 2. The Hall–Kier alpha value is -1.58. The minimum Gasteiger partial charge on any atom is -0.332 e. The molecule has 0 aliphatic rings. The zero-order chi connectivity index (χ0) is 13.8. The average Bonchev–Trinajstić information content (AvgIpc) is 2.37. The lowest BCUT2D eigenvalue weighted by Gasteiger charge is -2.11. The van der Waals surface area contributed by atoms with Gasteiger partial charge in [0.05, 0.1) is 0 Å². The third kappa shape index (κ3) is 3.94. The second kappa shape index (κ2) is 6.04. The van der Waals surface area contributed by atoms with Crippen LogP contribution in [0.1, 0.15) is 11.1 Å². The van der Waals surface area contributed by atoms with E-state index in [4.69, 9.17) is 23.8 Å². The number of rotatable bonds is 2. The second-order valence-electron chi connectivity index (χ2n) is 4.39. The fraction of sp³-hybridized carbons (Fsp3) is 0.133. The van der Waals surface area contributed by atoms with Crippen molar-refractivity contribution in [1.82, 2.24) is 0 Å². The SMILES string of the molecule is Cc1ccc(NC(=S)Nc2ccc(Cl)cc2)cc1C. The van der Waals surface area contributed by atoms with Gasteiger partial charge in [-0.1, -0.05) is 17.7 Å². The van der Waals surface area contributed by atoms with Gasteiger partial charge in [0, 0.05) is 16.4 Å². The van der Waals surface area contributed by atoms with E-state index >= 15 is 0 Å². The van der Waals surface area contributed by atoms with Gasteiger partial charge >= 0.3 is 0 Å². The Morgan fingerprint density at radius 3 is 2.11 bits per heavy atom. The molecule has 2 aromatic rings. The predicted molar refractivity (Wildman–Crippen MR) is 87.2 cm³/mol. The number of anilines is 2. The minimum absolute atomic E-state index is 0.561. The maximum atomic E-state index is 5.83. The molecule has 0 saturated heterocycles. The van der Waals surface area contributed by atoms with E-state index in [1.807, 2.05) is 30.3 Å². The van der Waals surface area contributed by atoms with Crippen LogP contribution in [-0.4, -0.2) is 5.11 Å². The number of thiocarbonyl (C=S) groups is 1. The number of aryl methyl sites for hydroxylation is 2. The van der Waals surface area contributed by atoms with Crippen LogP contribution < -0.4 is 10.6 Å². The van der Waals surface area contributed by atoms with E-state index in [0.717, 1.165) is 11.4 Å². The maximum absolute atomic E-state index is 5.83. The topological polar surface area (TPSA) is 24.1 Å². The molecule has 0 spiro atoms. The number of nitrogens with one attached hydrogen (secondary N) is 2. The van der Waals surface area contributed by atoms with Gasteiger partial charge in [-0.2, -0.15) is 0 Å². The van der Waals surface area contributed by atoms with Crippen LogP contribution in [-0.2, 0) is 0 Å². The highest BCUT2D eigenvalue weighted by Gasteiger charge is 2.00. The number of benzene rings is 2. The molecule has 2 nitrogen and oxygen atoms in total. The molecule has 0 amide bonds. The van der Waals surface area contributed by atoms with Crippen LogP contribution in [0.3, 0.4) is 0 Å². The average molecular weight is 291 g/mol. The van der Waals surface area contributed by atoms with Crippen LogP contribution in [0.15, 0.2) is 42.5 Å². The van der Waals surface area contributed by atoms with Crippen molar-refractivity contribution in [2.24, 2.45) is 0 Å². The van der Waals surface area contributed by atoms with Crippen molar-refractivity contribution in [1.29, 1.82) is 0 Å². The first-order valence-electron chi connectivity index (χ1n) is 5.95. The fourth-order valence-electron chi connectivity index (χ4n) is 1.65. The molecule has 0 heterocycles. The molecule has 19 heavy (non-hydrogen) atoms. The Labute approximate surface area is 123 Å². The van der Waals surface area contributed by atoms with Gasteiger partial charge in [-0.25, -0.2) is 0 Å². The molecule has 2 N–H and O–H groups in total. The summed E-state index contributed by atoms with van der Waals surface area (Å²) in [6, 6.07) is 13.6. The Morgan fingerprint density at radius 1 is 0.895 bits per heavy atom. The first-order valence-corrected chi connectivity index (χ1v) is 6.74. The standard InChI is InChI=1S/C15H15ClN2S/c1-10-3-6-14(9-11(10)2)18-15(19)17-13-7-4-12(16)5-8-13/h3-9H,1-2H3,(H2,17,18,19). The first kappa shape index (κ1) is 13.8. The largest absolute Gasteiger partial charge is 0.332 e. The van der Waals surface area contributed by atoms with Gasteiger partial charge in [0.1, 0.15) is 0 Å². The third-order valence-corrected chi connectivity index (χ3v) is 3.32. The molecule has 0 aromatic heterocycles. The number of halogens is 1. The van der Waals surface area contributed by atoms with E-state index < -0.39 is 0 Å². The van der Waals surface area contributed by atoms with E-state index in [0.29, 0.717) is 10.1 Å². The van der Waals surface area contributed by atoms with Gasteiger partial charge < -0.3 is 10.6 Å². The molecule has 0 radical (unpaired) electrons. The van der Waals surface area contributed by atoms with E-state index in [-0.39, 0.29) is 0 Å². The van der Waals surface area contributed by atoms with E-state index in [1.165, 1.54) is 11.1 Å². The quantitative estimate of drug-likeness (QED) is 0.779. The molecule has 0 aliphatic carbocycles. The lowest BCUT2D eigenvalue weighted by molar-refractivity contribution is 1.34. The molecular weight excluding hydrogens is 276 g/mol. The van der Waals surface area contributed by atoms with Gasteiger partial charge in [-0.15, -0.1) is 0 Å². The summed E-state index contributed by atoms with van der Waals surface area (Å²) >= 11 is 11.1. The maximum Gasteiger partial charge on any atom is 0.175 e. The highest BCUT2D eigenvalue weighted by Crippen LogP contribution is 2.16. The smallest absolute Gasteiger partial charge is 0.175 e. The van der Waals surface area contributed by atoms with E-state index in [9.17, 15) is 0 Å². The summed E-state index contributed by atoms with van der Waals surface area (Å²) in [5.41, 5.74) is 4.39. The summed E-state index contributed by atoms with van der Waals surface area (Å²) in [4.78, 5) is 0. The van der Waals surface area contributed by atoms with E-state index in [1.54, 1.807) is 0 Å². The van der Waals surface area contributed by atoms with Gasteiger partial charge in [0.15, 0.2) is 5.11 Å². The van der Waals surface area contributed by atoms with Crippen molar-refractivity contribution in [2.75, 3.05) is 10.6 Å². The van der Waals surface area contributed by atoms with Crippen molar-refractivity contribution in [3.63, 3.8) is 0 Å². The molecule has 0 aliphatic heterocycles. The summed E-state index contributed by atoms with van der Waals surface area (Å²) in [5.74, 6) is 0. The molecule has 2 rings (SSSR count). The summed E-state index contributed by atoms with van der Waals surface area (Å²) in [5, 5.41) is 7.54. The highest BCUT2D eigenvalue weighted by molar-refractivity contribution is 7.80. The van der Waals surface area contributed by atoms with Crippen LogP contribution >= 0.6 is 23.8 Å². The van der Waals surface area contributed by atoms with Crippen LogP contribution in [0.2, 0.25) is 5.02 Å². The van der Waals surface area contributed by atoms with Crippen LogP contribution in [0, 0.1) is 13.8 Å². The van der Waals surface area contributed by atoms with Crippen molar-refractivity contribution >= 4 is 40.3 Å². The summed E-state index contributed by atoms with van der Waals surface area (Å²) in [6.45, 7) is 4.17. The molecule has 0 unspecified atom stereocenters. The van der Waals surface area contributed by atoms with Crippen molar-refractivity contribution < 1.29 is 0 Å². The molecule has 4 heteroatoms. The fourth-order valence-corrected chi connectivity index (χ4v) is 2.01. The molecular formula is C15H15ClN2S. The van der Waals surface area contributed by atoms with Gasteiger partial charge in [-0.05, 0) is 73.6 Å². The van der Waals surface area contributed by atoms with Crippen LogP contribution in [0.25, 0.3) is 0 Å². The van der Waals surface area contributed by atoms with Gasteiger partial charge in [0.25, 0.3) is 0 Å². The summed E-state index contributed by atoms with van der Waals surface area (Å²) < 4.78 is 0. The zero-order valence-corrected chi connectivity index (χ0v) is 12.4. The highest BCUT2D eigenvalue weighted by atomic mass is 35.5. The number of hydrogen-bond acceptors (Lipinski definition) is 1. The minimum atomic E-state index is 0.561. The van der Waals surface area contributed by atoms with Gasteiger partial charge in [-0.3, -0.25) is 0 Å². The van der Waals surface area contributed by atoms with Crippen LogP contribution in [0.5, 0.6) is 0 Å². The molecule has 0 atom stereocenters. The van der Waals surface area contributed by atoms with Crippen molar-refractivity contribution in [3.05, 3.63) is 58.6 Å². The first-order chi connectivity index (χ1) is 9.04. The Balaban J connectivity index is 2.01. The summed E-state index contributed by atoms with van der Waals surface area (Å²) in [6.07, 6.45) is 0. The Bertz CT molecular complexity index is 594.